The van der Waals surface area contributed by atoms with Gasteiger partial charge in [0.2, 0.25) is 5.91 Å². The molecule has 21 heavy (non-hydrogen) atoms. The second-order valence-electron chi connectivity index (χ2n) is 6.35. The molecule has 1 amide bonds. The Balaban J connectivity index is 2.03. The first-order valence-corrected chi connectivity index (χ1v) is 7.73. The maximum Gasteiger partial charge on any atom is 0.225 e. The predicted octanol–water partition coefficient (Wildman–Crippen LogP) is 2.91. The van der Waals surface area contributed by atoms with Gasteiger partial charge in [0.25, 0.3) is 0 Å². The largest absolute Gasteiger partial charge is 0.347 e. The van der Waals surface area contributed by atoms with Crippen LogP contribution in [-0.2, 0) is 10.3 Å². The van der Waals surface area contributed by atoms with Crippen LogP contribution in [0, 0.1) is 11.7 Å². The van der Waals surface area contributed by atoms with Crippen LogP contribution in [0.5, 0.6) is 0 Å². The number of hydrogen-bond acceptors (Lipinski definition) is 2. The summed E-state index contributed by atoms with van der Waals surface area (Å²) in [6.45, 7) is 8.69. The van der Waals surface area contributed by atoms with E-state index in [4.69, 9.17) is 0 Å². The Hall–Kier alpha value is -1.42. The second-order valence-corrected chi connectivity index (χ2v) is 6.35. The molecule has 3 nitrogen and oxygen atoms in total. The molecule has 1 aromatic carbocycles. The minimum atomic E-state index is -0.704. The van der Waals surface area contributed by atoms with Gasteiger partial charge in [0.05, 0.1) is 11.5 Å². The van der Waals surface area contributed by atoms with E-state index in [9.17, 15) is 9.18 Å². The number of benzene rings is 1. The molecule has 2 rings (SSSR count). The van der Waals surface area contributed by atoms with Gasteiger partial charge in [0.1, 0.15) is 5.82 Å². The van der Waals surface area contributed by atoms with Crippen LogP contribution < -0.4 is 5.32 Å². The summed E-state index contributed by atoms with van der Waals surface area (Å²) in [6.07, 6.45) is 2.02. The van der Waals surface area contributed by atoms with Crippen molar-refractivity contribution in [2.75, 3.05) is 19.6 Å². The van der Waals surface area contributed by atoms with E-state index in [1.807, 2.05) is 20.8 Å². The topological polar surface area (TPSA) is 32.3 Å². The summed E-state index contributed by atoms with van der Waals surface area (Å²) in [5.41, 5.74) is -0.178. The molecule has 0 spiro atoms. The van der Waals surface area contributed by atoms with Crippen LogP contribution in [0.1, 0.15) is 39.2 Å². The van der Waals surface area contributed by atoms with Crippen LogP contribution in [0.25, 0.3) is 0 Å². The molecular formula is C17H25FN2O. The van der Waals surface area contributed by atoms with Crippen LogP contribution in [0.15, 0.2) is 24.3 Å². The molecular weight excluding hydrogens is 267 g/mol. The number of nitrogens with one attached hydrogen (secondary N) is 1. The number of rotatable bonds is 6. The number of carbonyl (C=O) groups is 1. The quantitative estimate of drug-likeness (QED) is 0.874. The van der Waals surface area contributed by atoms with E-state index < -0.39 is 5.54 Å². The molecule has 0 saturated carbocycles. The smallest absolute Gasteiger partial charge is 0.225 e. The average molecular weight is 292 g/mol. The molecule has 1 atom stereocenters. The van der Waals surface area contributed by atoms with Crippen molar-refractivity contribution in [2.24, 2.45) is 5.92 Å². The number of halogens is 1. The molecule has 4 heteroatoms. The first-order chi connectivity index (χ1) is 9.94. The molecule has 0 bridgehead atoms. The zero-order valence-electron chi connectivity index (χ0n) is 13.2. The van der Waals surface area contributed by atoms with Crippen LogP contribution >= 0.6 is 0 Å². The third kappa shape index (κ3) is 3.82. The zero-order valence-corrected chi connectivity index (χ0v) is 13.2. The number of nitrogens with zero attached hydrogens (tertiary/aromatic N) is 1. The summed E-state index contributed by atoms with van der Waals surface area (Å²) in [4.78, 5) is 14.8. The van der Waals surface area contributed by atoms with Gasteiger partial charge in [-0.2, -0.15) is 0 Å². The highest BCUT2D eigenvalue weighted by Crippen LogP contribution is 2.24. The summed E-state index contributed by atoms with van der Waals surface area (Å²) >= 11 is 0. The summed E-state index contributed by atoms with van der Waals surface area (Å²) in [5.74, 6) is -0.299. The number of likely N-dealkylation sites (tertiary alicyclic amines) is 1. The molecule has 116 valence electrons. The van der Waals surface area contributed by atoms with E-state index >= 15 is 0 Å². The molecule has 0 aromatic heterocycles. The Morgan fingerprint density at radius 2 is 2.05 bits per heavy atom. The van der Waals surface area contributed by atoms with Gasteiger partial charge in [0.15, 0.2) is 0 Å². The SMILES string of the molecule is CCC(CN1CCC1)C(=O)NC(C)(C)c1ccccc1F. The first kappa shape index (κ1) is 16.0. The Kier molecular flexibility index (Phi) is 4.99. The van der Waals surface area contributed by atoms with E-state index in [1.54, 1.807) is 18.2 Å². The van der Waals surface area contributed by atoms with Gasteiger partial charge in [-0.25, -0.2) is 4.39 Å². The normalized spacial score (nSPS) is 17.1. The zero-order chi connectivity index (χ0) is 15.5. The van der Waals surface area contributed by atoms with Crippen molar-refractivity contribution in [3.63, 3.8) is 0 Å². The van der Waals surface area contributed by atoms with Gasteiger partial charge in [-0.05, 0) is 45.8 Å². The number of hydrogen-bond donors (Lipinski definition) is 1. The van der Waals surface area contributed by atoms with Crippen molar-refractivity contribution in [3.05, 3.63) is 35.6 Å². The van der Waals surface area contributed by atoms with Gasteiger partial charge in [0, 0.05) is 12.1 Å². The Morgan fingerprint density at radius 3 is 2.57 bits per heavy atom. The summed E-state index contributed by atoms with van der Waals surface area (Å²) < 4.78 is 13.9. The molecule has 1 N–H and O–H groups in total. The minimum absolute atomic E-state index is 0.0117. The van der Waals surface area contributed by atoms with Gasteiger partial charge >= 0.3 is 0 Å². The molecule has 0 aliphatic carbocycles. The monoisotopic (exact) mass is 292 g/mol. The highest BCUT2D eigenvalue weighted by molar-refractivity contribution is 5.79. The standard InChI is InChI=1S/C17H25FN2O/c1-4-13(12-20-10-7-11-20)16(21)19-17(2,3)14-8-5-6-9-15(14)18/h5-6,8-9,13H,4,7,10-12H2,1-3H3,(H,19,21). The highest BCUT2D eigenvalue weighted by atomic mass is 19.1. The van der Waals surface area contributed by atoms with Crippen molar-refractivity contribution in [2.45, 2.75) is 39.2 Å². The van der Waals surface area contributed by atoms with Crippen LogP contribution in [-0.4, -0.2) is 30.4 Å². The van der Waals surface area contributed by atoms with E-state index in [0.717, 1.165) is 26.1 Å². The lowest BCUT2D eigenvalue weighted by atomic mass is 9.92. The molecule has 1 unspecified atom stereocenters. The Labute approximate surface area is 126 Å². The van der Waals surface area contributed by atoms with E-state index in [1.165, 1.54) is 12.5 Å². The maximum atomic E-state index is 13.9. The predicted molar refractivity (Wildman–Crippen MR) is 82.4 cm³/mol. The van der Waals surface area contributed by atoms with E-state index in [-0.39, 0.29) is 17.6 Å². The van der Waals surface area contributed by atoms with Gasteiger partial charge in [-0.15, -0.1) is 0 Å². The van der Waals surface area contributed by atoms with Crippen molar-refractivity contribution in [3.8, 4) is 0 Å². The lowest BCUT2D eigenvalue weighted by Gasteiger charge is -2.35. The van der Waals surface area contributed by atoms with Gasteiger partial charge in [-0.1, -0.05) is 25.1 Å². The maximum absolute atomic E-state index is 13.9. The van der Waals surface area contributed by atoms with E-state index in [0.29, 0.717) is 5.56 Å². The van der Waals surface area contributed by atoms with Crippen molar-refractivity contribution < 1.29 is 9.18 Å². The molecule has 1 saturated heterocycles. The fourth-order valence-corrected chi connectivity index (χ4v) is 2.72. The van der Waals surface area contributed by atoms with Crippen LogP contribution in [0.4, 0.5) is 4.39 Å². The van der Waals surface area contributed by atoms with Crippen LogP contribution in [0.2, 0.25) is 0 Å². The third-order valence-electron chi connectivity index (χ3n) is 4.27. The Bertz CT molecular complexity index is 497. The average Bonchev–Trinajstić information content (AvgIpc) is 2.37. The van der Waals surface area contributed by atoms with Crippen LogP contribution in [0.3, 0.4) is 0 Å². The van der Waals surface area contributed by atoms with E-state index in [2.05, 4.69) is 10.2 Å². The summed E-state index contributed by atoms with van der Waals surface area (Å²) in [7, 11) is 0. The lowest BCUT2D eigenvalue weighted by Crippen LogP contribution is -2.49. The summed E-state index contributed by atoms with van der Waals surface area (Å²) in [5, 5.41) is 3.01. The number of carbonyl (C=O) groups excluding carboxylic acids is 1. The fourth-order valence-electron chi connectivity index (χ4n) is 2.72. The molecule has 1 aromatic rings. The lowest BCUT2D eigenvalue weighted by molar-refractivity contribution is -0.127. The fraction of sp³-hybridized carbons (Fsp3) is 0.588. The molecule has 1 aliphatic heterocycles. The first-order valence-electron chi connectivity index (χ1n) is 7.73. The van der Waals surface area contributed by atoms with Gasteiger partial charge in [-0.3, -0.25) is 4.79 Å². The Morgan fingerprint density at radius 1 is 1.38 bits per heavy atom. The third-order valence-corrected chi connectivity index (χ3v) is 4.27. The molecule has 1 aliphatic rings. The molecule has 1 fully saturated rings. The van der Waals surface area contributed by atoms with Crippen molar-refractivity contribution in [1.29, 1.82) is 0 Å². The molecule has 1 heterocycles. The molecule has 0 radical (unpaired) electrons. The summed E-state index contributed by atoms with van der Waals surface area (Å²) in [6, 6.07) is 6.62. The number of amides is 1. The highest BCUT2D eigenvalue weighted by Gasteiger charge is 2.30. The van der Waals surface area contributed by atoms with Crippen molar-refractivity contribution in [1.82, 2.24) is 10.2 Å². The second kappa shape index (κ2) is 6.56. The van der Waals surface area contributed by atoms with Gasteiger partial charge < -0.3 is 10.2 Å². The van der Waals surface area contributed by atoms with Crippen molar-refractivity contribution >= 4 is 5.91 Å². The minimum Gasteiger partial charge on any atom is -0.347 e.